The second kappa shape index (κ2) is 6.50. The van der Waals surface area contributed by atoms with Crippen LogP contribution in [0.5, 0.6) is 5.75 Å². The lowest BCUT2D eigenvalue weighted by Gasteiger charge is -2.19. The van der Waals surface area contributed by atoms with Gasteiger partial charge in [-0.2, -0.15) is 0 Å². The molecule has 0 bridgehead atoms. The van der Waals surface area contributed by atoms with E-state index in [-0.39, 0.29) is 34.5 Å². The molecular weight excluding hydrogens is 382 g/mol. The fourth-order valence-corrected chi connectivity index (χ4v) is 3.98. The second-order valence-corrected chi connectivity index (χ2v) is 8.95. The molecule has 26 heavy (non-hydrogen) atoms. The van der Waals surface area contributed by atoms with Crippen molar-refractivity contribution in [2.24, 2.45) is 0 Å². The highest BCUT2D eigenvalue weighted by molar-refractivity contribution is 7.93. The number of anilines is 3. The van der Waals surface area contributed by atoms with E-state index in [1.165, 1.54) is 30.3 Å². The standard InChI is InChI=1S/C15H15N3O6S2/c1-25(20,21)17-11-4-2-3-5-12(11)18-26(22,23)10-6-7-14-13(8-10)16-15(19)9-24-14/h2-8,17-18H,9H2,1H3,(H,16,19). The van der Waals surface area contributed by atoms with Crippen LogP contribution in [0.15, 0.2) is 47.4 Å². The summed E-state index contributed by atoms with van der Waals surface area (Å²) in [6.45, 7) is -0.137. The molecule has 138 valence electrons. The van der Waals surface area contributed by atoms with Crippen LogP contribution in [0.3, 0.4) is 0 Å². The molecule has 0 saturated heterocycles. The Labute approximate surface area is 150 Å². The summed E-state index contributed by atoms with van der Waals surface area (Å²) in [6.07, 6.45) is 0.963. The van der Waals surface area contributed by atoms with Crippen LogP contribution in [0.25, 0.3) is 0 Å². The Balaban J connectivity index is 1.93. The maximum absolute atomic E-state index is 12.6. The van der Waals surface area contributed by atoms with Gasteiger partial charge in [-0.15, -0.1) is 0 Å². The van der Waals surface area contributed by atoms with Crippen LogP contribution >= 0.6 is 0 Å². The number of fused-ring (bicyclic) bond motifs is 1. The predicted molar refractivity (Wildman–Crippen MR) is 96.3 cm³/mol. The molecule has 3 rings (SSSR count). The zero-order chi connectivity index (χ0) is 18.9. The van der Waals surface area contributed by atoms with Gasteiger partial charge in [0, 0.05) is 0 Å². The summed E-state index contributed by atoms with van der Waals surface area (Å²) in [5.74, 6) is -0.0228. The average molecular weight is 397 g/mol. The van der Waals surface area contributed by atoms with Gasteiger partial charge in [0.25, 0.3) is 15.9 Å². The summed E-state index contributed by atoms with van der Waals surface area (Å²) in [5.41, 5.74) is 0.399. The summed E-state index contributed by atoms with van der Waals surface area (Å²) in [5, 5.41) is 2.53. The van der Waals surface area contributed by atoms with Crippen molar-refractivity contribution in [2.75, 3.05) is 27.6 Å². The topological polar surface area (TPSA) is 131 Å². The molecule has 2 aromatic rings. The van der Waals surface area contributed by atoms with Gasteiger partial charge < -0.3 is 10.1 Å². The number of para-hydroxylation sites is 2. The zero-order valence-electron chi connectivity index (χ0n) is 13.5. The number of hydrogen-bond acceptors (Lipinski definition) is 6. The molecular formula is C15H15N3O6S2. The minimum absolute atomic E-state index is 0.0657. The van der Waals surface area contributed by atoms with Gasteiger partial charge in [0.2, 0.25) is 10.0 Å². The molecule has 3 N–H and O–H groups in total. The van der Waals surface area contributed by atoms with Crippen LogP contribution in [0.2, 0.25) is 0 Å². The van der Waals surface area contributed by atoms with Crippen molar-refractivity contribution in [3.63, 3.8) is 0 Å². The molecule has 9 nitrogen and oxygen atoms in total. The number of ether oxygens (including phenoxy) is 1. The fourth-order valence-electron chi connectivity index (χ4n) is 2.29. The number of rotatable bonds is 5. The predicted octanol–water partition coefficient (Wildman–Crippen LogP) is 1.19. The maximum Gasteiger partial charge on any atom is 0.262 e. The highest BCUT2D eigenvalue weighted by Crippen LogP contribution is 2.31. The smallest absolute Gasteiger partial charge is 0.262 e. The summed E-state index contributed by atoms with van der Waals surface area (Å²) in [6, 6.07) is 10.0. The van der Waals surface area contributed by atoms with Crippen LogP contribution in [-0.2, 0) is 24.8 Å². The van der Waals surface area contributed by atoms with E-state index >= 15 is 0 Å². The number of carbonyl (C=O) groups excluding carboxylic acids is 1. The molecule has 0 aromatic heterocycles. The highest BCUT2D eigenvalue weighted by Gasteiger charge is 2.22. The quantitative estimate of drug-likeness (QED) is 0.695. The molecule has 2 aromatic carbocycles. The van der Waals surface area contributed by atoms with Gasteiger partial charge in [0.1, 0.15) is 5.75 Å². The van der Waals surface area contributed by atoms with Crippen LogP contribution in [0, 0.1) is 0 Å². The highest BCUT2D eigenvalue weighted by atomic mass is 32.2. The van der Waals surface area contributed by atoms with Crippen molar-refractivity contribution in [1.29, 1.82) is 0 Å². The summed E-state index contributed by atoms with van der Waals surface area (Å²) < 4.78 is 57.9. The van der Waals surface area contributed by atoms with Gasteiger partial charge in [-0.1, -0.05) is 12.1 Å². The first-order valence-electron chi connectivity index (χ1n) is 7.30. The first-order valence-corrected chi connectivity index (χ1v) is 10.7. The van der Waals surface area contributed by atoms with Crippen LogP contribution in [0.1, 0.15) is 0 Å². The van der Waals surface area contributed by atoms with Crippen LogP contribution < -0.4 is 19.5 Å². The number of benzene rings is 2. The lowest BCUT2D eigenvalue weighted by atomic mass is 10.2. The third-order valence-corrected chi connectivity index (χ3v) is 5.31. The zero-order valence-corrected chi connectivity index (χ0v) is 15.1. The lowest BCUT2D eigenvalue weighted by Crippen LogP contribution is -2.25. The Morgan fingerprint density at radius 2 is 1.65 bits per heavy atom. The van der Waals surface area contributed by atoms with E-state index in [1.54, 1.807) is 12.1 Å². The molecule has 0 radical (unpaired) electrons. The molecule has 0 fully saturated rings. The molecule has 11 heteroatoms. The van der Waals surface area contributed by atoms with Gasteiger partial charge in [-0.25, -0.2) is 16.8 Å². The Kier molecular flexibility index (Phi) is 4.50. The van der Waals surface area contributed by atoms with Crippen molar-refractivity contribution in [1.82, 2.24) is 0 Å². The number of sulfonamides is 2. The summed E-state index contributed by atoms with van der Waals surface area (Å²) in [7, 11) is -7.62. The molecule has 1 amide bonds. The van der Waals surface area contributed by atoms with Gasteiger partial charge in [-0.05, 0) is 30.3 Å². The van der Waals surface area contributed by atoms with Gasteiger partial charge in [-0.3, -0.25) is 14.2 Å². The number of hydrogen-bond donors (Lipinski definition) is 3. The van der Waals surface area contributed by atoms with Gasteiger partial charge >= 0.3 is 0 Å². The van der Waals surface area contributed by atoms with E-state index in [2.05, 4.69) is 14.8 Å². The van der Waals surface area contributed by atoms with Crippen molar-refractivity contribution in [2.45, 2.75) is 4.90 Å². The Hall–Kier alpha value is -2.79. The van der Waals surface area contributed by atoms with E-state index < -0.39 is 20.0 Å². The molecule has 0 aliphatic carbocycles. The molecule has 1 aliphatic heterocycles. The average Bonchev–Trinajstić information content (AvgIpc) is 2.54. The SMILES string of the molecule is CS(=O)(=O)Nc1ccccc1NS(=O)(=O)c1ccc2c(c1)NC(=O)CO2. The van der Waals surface area contributed by atoms with Gasteiger partial charge in [0.05, 0.1) is 28.2 Å². The maximum atomic E-state index is 12.6. The monoisotopic (exact) mass is 397 g/mol. The van der Waals surface area contributed by atoms with Crippen molar-refractivity contribution in [3.8, 4) is 5.75 Å². The van der Waals surface area contributed by atoms with E-state index in [4.69, 9.17) is 4.74 Å². The van der Waals surface area contributed by atoms with E-state index in [1.807, 2.05) is 0 Å². The molecule has 1 aliphatic rings. The Morgan fingerprint density at radius 1 is 1.00 bits per heavy atom. The van der Waals surface area contributed by atoms with Crippen molar-refractivity contribution < 1.29 is 26.4 Å². The normalized spacial score (nSPS) is 14.0. The number of nitrogens with one attached hydrogen (secondary N) is 3. The van der Waals surface area contributed by atoms with Crippen LogP contribution in [0.4, 0.5) is 17.1 Å². The van der Waals surface area contributed by atoms with Crippen molar-refractivity contribution >= 4 is 43.0 Å². The summed E-state index contributed by atoms with van der Waals surface area (Å²) in [4.78, 5) is 11.3. The molecule has 1 heterocycles. The second-order valence-electron chi connectivity index (χ2n) is 5.52. The first-order chi connectivity index (χ1) is 12.1. The van der Waals surface area contributed by atoms with E-state index in [0.29, 0.717) is 5.75 Å². The van der Waals surface area contributed by atoms with Crippen molar-refractivity contribution in [3.05, 3.63) is 42.5 Å². The van der Waals surface area contributed by atoms with Gasteiger partial charge in [0.15, 0.2) is 6.61 Å². The number of amides is 1. The minimum atomic E-state index is -4.03. The minimum Gasteiger partial charge on any atom is -0.482 e. The molecule has 0 unspecified atom stereocenters. The Bertz CT molecular complexity index is 1080. The molecule has 0 atom stereocenters. The largest absolute Gasteiger partial charge is 0.482 e. The van der Waals surface area contributed by atoms with E-state index in [0.717, 1.165) is 6.26 Å². The Morgan fingerprint density at radius 3 is 2.31 bits per heavy atom. The third-order valence-electron chi connectivity index (χ3n) is 3.36. The summed E-state index contributed by atoms with van der Waals surface area (Å²) >= 11 is 0. The van der Waals surface area contributed by atoms with E-state index in [9.17, 15) is 21.6 Å². The van der Waals surface area contributed by atoms with Crippen LogP contribution in [-0.4, -0.2) is 35.6 Å². The first kappa shape index (κ1) is 18.0. The molecule has 0 spiro atoms. The number of carbonyl (C=O) groups is 1. The molecule has 0 saturated carbocycles. The lowest BCUT2D eigenvalue weighted by molar-refractivity contribution is -0.118. The third kappa shape index (κ3) is 4.06. The fraction of sp³-hybridized carbons (Fsp3) is 0.133.